The minimum Gasteiger partial charge on any atom is -0.497 e. The molecule has 1 atom stereocenters. The van der Waals surface area contributed by atoms with Crippen molar-refractivity contribution >= 4 is 16.0 Å². The van der Waals surface area contributed by atoms with Crippen LogP contribution in [0.15, 0.2) is 51.8 Å². The van der Waals surface area contributed by atoms with Crippen LogP contribution in [-0.4, -0.2) is 45.9 Å². The van der Waals surface area contributed by atoms with E-state index in [2.05, 4.69) is 14.9 Å². The third-order valence-electron chi connectivity index (χ3n) is 4.37. The van der Waals surface area contributed by atoms with Crippen LogP contribution < -0.4 is 14.2 Å². The van der Waals surface area contributed by atoms with Gasteiger partial charge in [0.2, 0.25) is 15.9 Å². The zero-order valence-corrected chi connectivity index (χ0v) is 18.1. The molecule has 3 rings (SSSR count). The summed E-state index contributed by atoms with van der Waals surface area (Å²) in [7, 11) is 0.318. The number of methoxy groups -OCH3 is 2. The number of sulfonamides is 1. The van der Waals surface area contributed by atoms with Crippen molar-refractivity contribution in [3.8, 4) is 23.0 Å². The Bertz CT molecular complexity index is 1170. The summed E-state index contributed by atoms with van der Waals surface area (Å²) in [5, 5.41) is 7.90. The predicted octanol–water partition coefficient (Wildman–Crippen LogP) is 2.58. The van der Waals surface area contributed by atoms with Gasteiger partial charge < -0.3 is 18.6 Å². The van der Waals surface area contributed by atoms with Crippen molar-refractivity contribution in [2.45, 2.75) is 17.9 Å². The molecule has 0 saturated carbocycles. The van der Waals surface area contributed by atoms with Crippen molar-refractivity contribution in [3.63, 3.8) is 0 Å². The molecule has 10 nitrogen and oxygen atoms in total. The van der Waals surface area contributed by atoms with E-state index < -0.39 is 22.1 Å². The molecular weight excluding hydrogens is 426 g/mol. The molecule has 0 saturated heterocycles. The number of carbonyl (C=O) groups is 1. The van der Waals surface area contributed by atoms with Crippen LogP contribution in [0.2, 0.25) is 0 Å². The molecule has 1 N–H and O–H groups in total. The van der Waals surface area contributed by atoms with Crippen molar-refractivity contribution in [2.24, 2.45) is 0 Å². The van der Waals surface area contributed by atoms with Crippen LogP contribution in [0, 0.1) is 0 Å². The number of rotatable bonds is 8. The molecule has 1 aromatic heterocycles. The molecule has 3 aromatic rings. The summed E-state index contributed by atoms with van der Waals surface area (Å²) in [5.41, 5.74) is 0.700. The standard InChI is InChI=1S/C20H21N3O7S/c1-12(18-22-23-19(30-18)13-5-8-15(27-3)9-6-13)29-20(24)14-7-10-16(28-4)17(11-14)31(25,26)21-2/h5-12,21H,1-4H3/t12-/m0/s1. The minimum absolute atomic E-state index is 0.0244. The van der Waals surface area contributed by atoms with E-state index >= 15 is 0 Å². The lowest BCUT2D eigenvalue weighted by molar-refractivity contribution is 0.0279. The molecule has 2 aromatic carbocycles. The molecule has 1 heterocycles. The fourth-order valence-corrected chi connectivity index (χ4v) is 3.57. The number of nitrogens with zero attached hydrogens (tertiary/aromatic N) is 2. The molecule has 0 bridgehead atoms. The maximum atomic E-state index is 12.6. The average Bonchev–Trinajstić information content (AvgIpc) is 3.29. The molecular formula is C20H21N3O7S. The van der Waals surface area contributed by atoms with Gasteiger partial charge in [-0.25, -0.2) is 17.9 Å². The largest absolute Gasteiger partial charge is 0.497 e. The van der Waals surface area contributed by atoms with E-state index in [1.807, 2.05) is 0 Å². The Labute approximate surface area is 179 Å². The number of esters is 1. The van der Waals surface area contributed by atoms with E-state index in [9.17, 15) is 13.2 Å². The van der Waals surface area contributed by atoms with Crippen LogP contribution >= 0.6 is 0 Å². The lowest BCUT2D eigenvalue weighted by atomic mass is 10.2. The van der Waals surface area contributed by atoms with E-state index in [-0.39, 0.29) is 28.0 Å². The Morgan fingerprint density at radius 1 is 1.06 bits per heavy atom. The maximum Gasteiger partial charge on any atom is 0.338 e. The molecule has 164 valence electrons. The van der Waals surface area contributed by atoms with E-state index in [0.29, 0.717) is 11.3 Å². The lowest BCUT2D eigenvalue weighted by Gasteiger charge is -2.12. The fourth-order valence-electron chi connectivity index (χ4n) is 2.65. The summed E-state index contributed by atoms with van der Waals surface area (Å²) >= 11 is 0. The summed E-state index contributed by atoms with van der Waals surface area (Å²) in [6.07, 6.45) is -0.863. The second-order valence-corrected chi connectivity index (χ2v) is 8.15. The Kier molecular flexibility index (Phi) is 6.56. The Morgan fingerprint density at radius 2 is 1.77 bits per heavy atom. The highest BCUT2D eigenvalue weighted by molar-refractivity contribution is 7.89. The molecule has 0 spiro atoms. The lowest BCUT2D eigenvalue weighted by Crippen LogP contribution is -2.20. The Balaban J connectivity index is 1.78. The maximum absolute atomic E-state index is 12.6. The van der Waals surface area contributed by atoms with Crippen molar-refractivity contribution < 1.29 is 31.8 Å². The first-order valence-electron chi connectivity index (χ1n) is 9.09. The molecule has 0 radical (unpaired) electrons. The number of aromatic nitrogens is 2. The highest BCUT2D eigenvalue weighted by Gasteiger charge is 2.24. The first-order chi connectivity index (χ1) is 14.8. The normalized spacial score (nSPS) is 12.3. The highest BCUT2D eigenvalue weighted by atomic mass is 32.2. The number of nitrogens with one attached hydrogen (secondary N) is 1. The van der Waals surface area contributed by atoms with E-state index in [4.69, 9.17) is 18.6 Å². The van der Waals surface area contributed by atoms with Gasteiger partial charge in [-0.15, -0.1) is 10.2 Å². The zero-order chi connectivity index (χ0) is 22.6. The van der Waals surface area contributed by atoms with Crippen LogP contribution in [0.4, 0.5) is 0 Å². The van der Waals surface area contributed by atoms with Gasteiger partial charge in [0.1, 0.15) is 16.4 Å². The highest BCUT2D eigenvalue weighted by Crippen LogP contribution is 2.27. The number of hydrogen-bond donors (Lipinski definition) is 1. The molecule has 11 heteroatoms. The first kappa shape index (κ1) is 22.2. The monoisotopic (exact) mass is 447 g/mol. The molecule has 0 unspecified atom stereocenters. The van der Waals surface area contributed by atoms with Crippen LogP contribution in [0.5, 0.6) is 11.5 Å². The predicted molar refractivity (Wildman–Crippen MR) is 109 cm³/mol. The van der Waals surface area contributed by atoms with E-state index in [1.165, 1.54) is 32.4 Å². The van der Waals surface area contributed by atoms with Crippen molar-refractivity contribution in [1.29, 1.82) is 0 Å². The van der Waals surface area contributed by atoms with Gasteiger partial charge in [0.15, 0.2) is 6.10 Å². The average molecular weight is 447 g/mol. The van der Waals surface area contributed by atoms with Gasteiger partial charge in [-0.05, 0) is 56.4 Å². The van der Waals surface area contributed by atoms with Crippen LogP contribution in [0.1, 0.15) is 29.3 Å². The van der Waals surface area contributed by atoms with Crippen molar-refractivity contribution in [3.05, 3.63) is 53.9 Å². The van der Waals surface area contributed by atoms with Gasteiger partial charge in [-0.2, -0.15) is 0 Å². The van der Waals surface area contributed by atoms with Crippen LogP contribution in [0.25, 0.3) is 11.5 Å². The Hall–Kier alpha value is -3.44. The summed E-state index contributed by atoms with van der Waals surface area (Å²) in [4.78, 5) is 12.4. The van der Waals surface area contributed by atoms with Gasteiger partial charge >= 0.3 is 5.97 Å². The fraction of sp³-hybridized carbons (Fsp3) is 0.250. The number of carbonyl (C=O) groups excluding carboxylic acids is 1. The van der Waals surface area contributed by atoms with Gasteiger partial charge in [0.25, 0.3) is 5.89 Å². The molecule has 0 aliphatic heterocycles. The summed E-state index contributed by atoms with van der Waals surface area (Å²) in [6.45, 7) is 1.57. The molecule has 0 fully saturated rings. The van der Waals surface area contributed by atoms with Gasteiger partial charge in [0.05, 0.1) is 19.8 Å². The Morgan fingerprint density at radius 3 is 2.39 bits per heavy atom. The molecule has 31 heavy (non-hydrogen) atoms. The van der Waals surface area contributed by atoms with Gasteiger partial charge in [-0.3, -0.25) is 0 Å². The number of benzene rings is 2. The first-order valence-corrected chi connectivity index (χ1v) is 10.6. The summed E-state index contributed by atoms with van der Waals surface area (Å²) in [5.74, 6) is 0.375. The SMILES string of the molecule is CNS(=O)(=O)c1cc(C(=O)O[C@@H](C)c2nnc(-c3ccc(OC)cc3)o2)ccc1OC. The topological polar surface area (TPSA) is 130 Å². The van der Waals surface area contributed by atoms with Crippen molar-refractivity contribution in [2.75, 3.05) is 21.3 Å². The third kappa shape index (κ3) is 4.84. The second-order valence-electron chi connectivity index (χ2n) is 6.29. The van der Waals surface area contributed by atoms with Gasteiger partial charge in [-0.1, -0.05) is 0 Å². The van der Waals surface area contributed by atoms with Crippen LogP contribution in [-0.2, 0) is 14.8 Å². The van der Waals surface area contributed by atoms with E-state index in [0.717, 1.165) is 0 Å². The molecule has 0 amide bonds. The smallest absolute Gasteiger partial charge is 0.338 e. The second kappa shape index (κ2) is 9.14. The van der Waals surface area contributed by atoms with Gasteiger partial charge in [0, 0.05) is 5.56 Å². The van der Waals surface area contributed by atoms with Crippen molar-refractivity contribution in [1.82, 2.24) is 14.9 Å². The quantitative estimate of drug-likeness (QED) is 0.518. The zero-order valence-electron chi connectivity index (χ0n) is 17.3. The molecule has 0 aliphatic carbocycles. The van der Waals surface area contributed by atoms with E-state index in [1.54, 1.807) is 38.3 Å². The minimum atomic E-state index is -3.84. The summed E-state index contributed by atoms with van der Waals surface area (Å²) < 4.78 is 47.7. The number of ether oxygens (including phenoxy) is 3. The number of hydrogen-bond acceptors (Lipinski definition) is 9. The van der Waals surface area contributed by atoms with Crippen LogP contribution in [0.3, 0.4) is 0 Å². The molecule has 0 aliphatic rings. The summed E-state index contributed by atoms with van der Waals surface area (Å²) in [6, 6.07) is 11.0. The third-order valence-corrected chi connectivity index (χ3v) is 5.80.